The van der Waals surface area contributed by atoms with Crippen molar-refractivity contribution in [2.45, 2.75) is 13.1 Å². The number of esters is 1. The van der Waals surface area contributed by atoms with Gasteiger partial charge < -0.3 is 19.4 Å². The van der Waals surface area contributed by atoms with Crippen molar-refractivity contribution in [2.75, 3.05) is 26.5 Å². The van der Waals surface area contributed by atoms with Gasteiger partial charge >= 0.3 is 5.97 Å². The molecule has 0 aliphatic carbocycles. The number of methoxy groups -OCH3 is 1. The summed E-state index contributed by atoms with van der Waals surface area (Å²) in [4.78, 5) is 13.4. The second kappa shape index (κ2) is 6.95. The molecule has 1 aromatic carbocycles. The number of hydrogen-bond acceptors (Lipinski definition) is 5. The average molecular weight is 288 g/mol. The minimum Gasteiger partial charge on any atom is -0.463 e. The number of furan rings is 1. The fraction of sp³-hybridized carbons (Fsp3) is 0.312. The molecular weight excluding hydrogens is 268 g/mol. The maximum Gasteiger partial charge on any atom is 0.373 e. The number of nitrogens with one attached hydrogen (secondary N) is 1. The van der Waals surface area contributed by atoms with Gasteiger partial charge in [-0.15, -0.1) is 0 Å². The van der Waals surface area contributed by atoms with Gasteiger partial charge in [0.25, 0.3) is 0 Å². The van der Waals surface area contributed by atoms with E-state index in [2.05, 4.69) is 21.0 Å². The van der Waals surface area contributed by atoms with Gasteiger partial charge in [-0.25, -0.2) is 4.79 Å². The van der Waals surface area contributed by atoms with Crippen LogP contribution in [-0.4, -0.2) is 32.1 Å². The minimum absolute atomic E-state index is 0.218. The highest BCUT2D eigenvalue weighted by molar-refractivity contribution is 5.86. The number of ether oxygens (including phenoxy) is 1. The van der Waals surface area contributed by atoms with Crippen LogP contribution < -0.4 is 5.32 Å². The number of rotatable bonds is 6. The molecule has 0 fully saturated rings. The van der Waals surface area contributed by atoms with Crippen molar-refractivity contribution >= 4 is 11.7 Å². The molecule has 5 heteroatoms. The Labute approximate surface area is 124 Å². The van der Waals surface area contributed by atoms with E-state index in [1.807, 2.05) is 32.3 Å². The quantitative estimate of drug-likeness (QED) is 0.828. The van der Waals surface area contributed by atoms with Crippen molar-refractivity contribution in [3.8, 4) is 0 Å². The molecule has 0 radical (unpaired) electrons. The lowest BCUT2D eigenvalue weighted by atomic mass is 10.1. The minimum atomic E-state index is -0.464. The van der Waals surface area contributed by atoms with E-state index in [-0.39, 0.29) is 5.76 Å². The van der Waals surface area contributed by atoms with E-state index in [1.54, 1.807) is 12.1 Å². The number of hydrogen-bond donors (Lipinski definition) is 1. The summed E-state index contributed by atoms with van der Waals surface area (Å²) in [5.41, 5.74) is 2.27. The van der Waals surface area contributed by atoms with Gasteiger partial charge in [-0.2, -0.15) is 0 Å². The first-order chi connectivity index (χ1) is 10.1. The van der Waals surface area contributed by atoms with Crippen LogP contribution in [0.15, 0.2) is 40.8 Å². The van der Waals surface area contributed by atoms with Crippen molar-refractivity contribution in [2.24, 2.45) is 0 Å². The highest BCUT2D eigenvalue weighted by Crippen LogP contribution is 2.18. The molecule has 0 atom stereocenters. The molecule has 112 valence electrons. The first-order valence-corrected chi connectivity index (χ1v) is 6.73. The third kappa shape index (κ3) is 4.10. The standard InChI is InChI=1S/C16H20N2O3/c1-18(2)11-12-6-4-5-7-14(12)17-10-13-8-9-15(21-13)16(19)20-3/h4-9,17H,10-11H2,1-3H3. The number of carbonyl (C=O) groups is 1. The molecule has 0 saturated heterocycles. The van der Waals surface area contributed by atoms with Crippen molar-refractivity contribution in [3.05, 3.63) is 53.5 Å². The molecule has 1 heterocycles. The van der Waals surface area contributed by atoms with Crippen LogP contribution in [0.4, 0.5) is 5.69 Å². The topological polar surface area (TPSA) is 54.7 Å². The van der Waals surface area contributed by atoms with Gasteiger partial charge in [0, 0.05) is 12.2 Å². The van der Waals surface area contributed by atoms with E-state index in [9.17, 15) is 4.79 Å². The zero-order valence-electron chi connectivity index (χ0n) is 12.6. The predicted octanol–water partition coefficient (Wildman–Crippen LogP) is 2.74. The van der Waals surface area contributed by atoms with Crippen molar-refractivity contribution in [1.82, 2.24) is 4.90 Å². The van der Waals surface area contributed by atoms with Gasteiger partial charge in [0.2, 0.25) is 5.76 Å². The largest absolute Gasteiger partial charge is 0.463 e. The van der Waals surface area contributed by atoms with E-state index in [0.29, 0.717) is 12.3 Å². The predicted molar refractivity (Wildman–Crippen MR) is 81.2 cm³/mol. The molecule has 2 aromatic rings. The first kappa shape index (κ1) is 15.1. The van der Waals surface area contributed by atoms with E-state index in [1.165, 1.54) is 12.7 Å². The molecule has 0 bridgehead atoms. The summed E-state index contributed by atoms with van der Waals surface area (Å²) in [6.45, 7) is 1.37. The van der Waals surface area contributed by atoms with Gasteiger partial charge in [0.1, 0.15) is 5.76 Å². The third-order valence-corrected chi connectivity index (χ3v) is 3.01. The number of benzene rings is 1. The third-order valence-electron chi connectivity index (χ3n) is 3.01. The lowest BCUT2D eigenvalue weighted by molar-refractivity contribution is 0.0563. The Morgan fingerprint density at radius 2 is 2.00 bits per heavy atom. The lowest BCUT2D eigenvalue weighted by Crippen LogP contribution is -2.12. The highest BCUT2D eigenvalue weighted by atomic mass is 16.5. The highest BCUT2D eigenvalue weighted by Gasteiger charge is 2.11. The SMILES string of the molecule is COC(=O)c1ccc(CNc2ccccc2CN(C)C)o1. The maximum absolute atomic E-state index is 11.3. The van der Waals surface area contributed by atoms with Crippen LogP contribution >= 0.6 is 0 Å². The normalized spacial score (nSPS) is 10.7. The fourth-order valence-electron chi connectivity index (χ4n) is 2.04. The van der Waals surface area contributed by atoms with Crippen molar-refractivity contribution < 1.29 is 13.9 Å². The summed E-state index contributed by atoms with van der Waals surface area (Å²) in [6, 6.07) is 11.5. The summed E-state index contributed by atoms with van der Waals surface area (Å²) < 4.78 is 10.0. The van der Waals surface area contributed by atoms with Crippen LogP contribution in [0.5, 0.6) is 0 Å². The maximum atomic E-state index is 11.3. The second-order valence-electron chi connectivity index (χ2n) is 5.01. The Kier molecular flexibility index (Phi) is 5.00. The zero-order valence-corrected chi connectivity index (χ0v) is 12.6. The molecule has 2 rings (SSSR count). The van der Waals surface area contributed by atoms with Gasteiger partial charge in [-0.05, 0) is 37.9 Å². The number of anilines is 1. The first-order valence-electron chi connectivity index (χ1n) is 6.73. The van der Waals surface area contributed by atoms with Crippen LogP contribution in [0, 0.1) is 0 Å². The summed E-state index contributed by atoms with van der Waals surface area (Å²) >= 11 is 0. The smallest absolute Gasteiger partial charge is 0.373 e. The monoisotopic (exact) mass is 288 g/mol. The van der Waals surface area contributed by atoms with E-state index in [4.69, 9.17) is 4.42 Å². The number of nitrogens with zero attached hydrogens (tertiary/aromatic N) is 1. The Balaban J connectivity index is 2.03. The summed E-state index contributed by atoms with van der Waals surface area (Å²) in [5.74, 6) is 0.445. The number of para-hydroxylation sites is 1. The molecule has 1 aromatic heterocycles. The fourth-order valence-corrected chi connectivity index (χ4v) is 2.04. The molecule has 0 unspecified atom stereocenters. The van der Waals surface area contributed by atoms with Crippen LogP contribution in [0.1, 0.15) is 21.9 Å². The summed E-state index contributed by atoms with van der Waals surface area (Å²) in [5, 5.41) is 3.33. The van der Waals surface area contributed by atoms with E-state index < -0.39 is 5.97 Å². The Bertz CT molecular complexity index is 605. The molecule has 0 amide bonds. The summed E-state index contributed by atoms with van der Waals surface area (Å²) in [7, 11) is 5.40. The van der Waals surface area contributed by atoms with E-state index >= 15 is 0 Å². The molecular formula is C16H20N2O3. The second-order valence-corrected chi connectivity index (χ2v) is 5.01. The molecule has 0 aliphatic heterocycles. The lowest BCUT2D eigenvalue weighted by Gasteiger charge is -2.15. The Morgan fingerprint density at radius 3 is 2.71 bits per heavy atom. The van der Waals surface area contributed by atoms with E-state index in [0.717, 1.165) is 12.2 Å². The molecule has 0 spiro atoms. The Morgan fingerprint density at radius 1 is 1.24 bits per heavy atom. The van der Waals surface area contributed by atoms with Crippen LogP contribution in [0.25, 0.3) is 0 Å². The van der Waals surface area contributed by atoms with Crippen molar-refractivity contribution in [3.63, 3.8) is 0 Å². The van der Waals surface area contributed by atoms with Crippen LogP contribution in [-0.2, 0) is 17.8 Å². The van der Waals surface area contributed by atoms with Crippen LogP contribution in [0.3, 0.4) is 0 Å². The molecule has 0 aliphatic rings. The molecule has 0 saturated carbocycles. The Hall–Kier alpha value is -2.27. The van der Waals surface area contributed by atoms with Crippen molar-refractivity contribution in [1.29, 1.82) is 0 Å². The van der Waals surface area contributed by atoms with Gasteiger partial charge in [-0.3, -0.25) is 0 Å². The molecule has 1 N–H and O–H groups in total. The summed E-state index contributed by atoms with van der Waals surface area (Å²) in [6.07, 6.45) is 0. The average Bonchev–Trinajstić information content (AvgIpc) is 2.94. The molecule has 21 heavy (non-hydrogen) atoms. The zero-order chi connectivity index (χ0) is 15.2. The van der Waals surface area contributed by atoms with Crippen LogP contribution in [0.2, 0.25) is 0 Å². The van der Waals surface area contributed by atoms with Gasteiger partial charge in [0.15, 0.2) is 0 Å². The van der Waals surface area contributed by atoms with Gasteiger partial charge in [0.05, 0.1) is 13.7 Å². The molecule has 5 nitrogen and oxygen atoms in total. The number of carbonyl (C=O) groups excluding carboxylic acids is 1. The van der Waals surface area contributed by atoms with Gasteiger partial charge in [-0.1, -0.05) is 18.2 Å².